The number of hydrogen-bond donors (Lipinski definition) is 1. The summed E-state index contributed by atoms with van der Waals surface area (Å²) in [5.41, 5.74) is 5.14. The highest BCUT2D eigenvalue weighted by Crippen LogP contribution is 2.27. The van der Waals surface area contributed by atoms with Gasteiger partial charge in [0.15, 0.2) is 0 Å². The summed E-state index contributed by atoms with van der Waals surface area (Å²) in [7, 11) is -2.33. The van der Waals surface area contributed by atoms with E-state index in [9.17, 15) is 13.2 Å². The first-order chi connectivity index (χ1) is 14.6. The number of anilines is 1. The number of sulfonamides is 1. The summed E-state index contributed by atoms with van der Waals surface area (Å²) in [6, 6.07) is 18.9. The summed E-state index contributed by atoms with van der Waals surface area (Å²) in [5, 5.41) is 3.03. The van der Waals surface area contributed by atoms with Crippen molar-refractivity contribution in [2.75, 3.05) is 11.4 Å². The van der Waals surface area contributed by atoms with Gasteiger partial charge in [0, 0.05) is 7.05 Å². The molecule has 5 nitrogen and oxygen atoms in total. The third-order valence-corrected chi connectivity index (χ3v) is 7.37. The summed E-state index contributed by atoms with van der Waals surface area (Å²) < 4.78 is 27.3. The molecular weight excluding hydrogens is 408 g/mol. The predicted octanol–water partition coefficient (Wildman–Crippen LogP) is 4.93. The Bertz CT molecular complexity index is 1200. The molecule has 0 bridgehead atoms. The second-order valence-electron chi connectivity index (χ2n) is 7.79. The van der Waals surface area contributed by atoms with Crippen LogP contribution in [-0.2, 0) is 10.0 Å². The molecule has 0 radical (unpaired) electrons. The summed E-state index contributed by atoms with van der Waals surface area (Å²) in [6.07, 6.45) is 0. The molecular formula is C25H28N2O3S. The highest BCUT2D eigenvalue weighted by atomic mass is 32.2. The first-order valence-corrected chi connectivity index (χ1v) is 11.6. The maximum absolute atomic E-state index is 13.1. The van der Waals surface area contributed by atoms with Gasteiger partial charge in [0.1, 0.15) is 0 Å². The number of aryl methyl sites for hydroxylation is 3. The fourth-order valence-corrected chi connectivity index (χ4v) is 4.86. The molecule has 0 aromatic heterocycles. The molecule has 1 amide bonds. The van der Waals surface area contributed by atoms with E-state index in [1.807, 2.05) is 20.8 Å². The van der Waals surface area contributed by atoms with Crippen LogP contribution in [0, 0.1) is 20.8 Å². The molecule has 0 saturated heterocycles. The molecule has 1 unspecified atom stereocenters. The highest BCUT2D eigenvalue weighted by Gasteiger charge is 2.25. The lowest BCUT2D eigenvalue weighted by molar-refractivity contribution is 0.0940. The van der Waals surface area contributed by atoms with E-state index in [4.69, 9.17) is 0 Å². The van der Waals surface area contributed by atoms with Gasteiger partial charge in [-0.2, -0.15) is 0 Å². The molecule has 0 aliphatic rings. The second-order valence-corrected chi connectivity index (χ2v) is 9.76. The zero-order chi connectivity index (χ0) is 22.8. The maximum Gasteiger partial charge on any atom is 0.264 e. The second kappa shape index (κ2) is 8.94. The number of hydrogen-bond acceptors (Lipinski definition) is 3. The quantitative estimate of drug-likeness (QED) is 0.596. The zero-order valence-corrected chi connectivity index (χ0v) is 19.3. The first-order valence-electron chi connectivity index (χ1n) is 10.1. The van der Waals surface area contributed by atoms with Crippen LogP contribution in [0.4, 0.5) is 5.69 Å². The SMILES string of the molecule is Cc1cc(C)c(C(C)NC(=O)c2ccccc2N(C)S(=O)(=O)c2ccccc2)cc1C. The number of carbonyl (C=O) groups excluding carboxylic acids is 1. The van der Waals surface area contributed by atoms with E-state index in [2.05, 4.69) is 24.4 Å². The van der Waals surface area contributed by atoms with Crippen LogP contribution in [0.15, 0.2) is 71.6 Å². The predicted molar refractivity (Wildman–Crippen MR) is 125 cm³/mol. The zero-order valence-electron chi connectivity index (χ0n) is 18.5. The van der Waals surface area contributed by atoms with Crippen LogP contribution >= 0.6 is 0 Å². The van der Waals surface area contributed by atoms with Crippen molar-refractivity contribution in [3.63, 3.8) is 0 Å². The molecule has 0 saturated carbocycles. The normalized spacial score (nSPS) is 12.3. The van der Waals surface area contributed by atoms with Crippen molar-refractivity contribution in [3.05, 3.63) is 94.5 Å². The van der Waals surface area contributed by atoms with E-state index < -0.39 is 10.0 Å². The average Bonchev–Trinajstić information content (AvgIpc) is 2.76. The van der Waals surface area contributed by atoms with Gasteiger partial charge in [0.2, 0.25) is 0 Å². The van der Waals surface area contributed by atoms with Crippen LogP contribution in [-0.4, -0.2) is 21.4 Å². The molecule has 3 aromatic carbocycles. The highest BCUT2D eigenvalue weighted by molar-refractivity contribution is 7.92. The summed E-state index contributed by atoms with van der Waals surface area (Å²) in [5.74, 6) is -0.323. The number of benzene rings is 3. The van der Waals surface area contributed by atoms with Gasteiger partial charge in [0.25, 0.3) is 15.9 Å². The number of nitrogens with one attached hydrogen (secondary N) is 1. The third kappa shape index (κ3) is 4.64. The van der Waals surface area contributed by atoms with Crippen LogP contribution in [0.2, 0.25) is 0 Å². The van der Waals surface area contributed by atoms with E-state index in [1.54, 1.807) is 54.6 Å². The molecule has 1 atom stereocenters. The lowest BCUT2D eigenvalue weighted by Gasteiger charge is -2.23. The van der Waals surface area contributed by atoms with Gasteiger partial charge < -0.3 is 5.32 Å². The Morgan fingerprint density at radius 2 is 1.45 bits per heavy atom. The molecule has 1 N–H and O–H groups in total. The van der Waals surface area contributed by atoms with Crippen LogP contribution in [0.5, 0.6) is 0 Å². The number of para-hydroxylation sites is 1. The van der Waals surface area contributed by atoms with E-state index in [1.165, 1.54) is 12.6 Å². The summed E-state index contributed by atoms with van der Waals surface area (Å²) >= 11 is 0. The maximum atomic E-state index is 13.1. The van der Waals surface area contributed by atoms with E-state index >= 15 is 0 Å². The van der Waals surface area contributed by atoms with Crippen molar-refractivity contribution in [2.45, 2.75) is 38.6 Å². The van der Waals surface area contributed by atoms with Crippen molar-refractivity contribution in [1.82, 2.24) is 5.32 Å². The van der Waals surface area contributed by atoms with Crippen molar-refractivity contribution in [1.29, 1.82) is 0 Å². The molecule has 3 rings (SSSR count). The molecule has 31 heavy (non-hydrogen) atoms. The summed E-state index contributed by atoms with van der Waals surface area (Å²) in [4.78, 5) is 13.3. The lowest BCUT2D eigenvalue weighted by atomic mass is 9.96. The first kappa shape index (κ1) is 22.6. The van der Waals surface area contributed by atoms with Gasteiger partial charge in [-0.15, -0.1) is 0 Å². The lowest BCUT2D eigenvalue weighted by Crippen LogP contribution is -2.32. The van der Waals surface area contributed by atoms with Crippen LogP contribution in [0.3, 0.4) is 0 Å². The number of nitrogens with zero attached hydrogens (tertiary/aromatic N) is 1. The van der Waals surface area contributed by atoms with Gasteiger partial charge >= 0.3 is 0 Å². The molecule has 6 heteroatoms. The Balaban J connectivity index is 1.91. The minimum Gasteiger partial charge on any atom is -0.345 e. The molecule has 3 aromatic rings. The summed E-state index contributed by atoms with van der Waals surface area (Å²) in [6.45, 7) is 8.07. The van der Waals surface area contributed by atoms with Crippen molar-refractivity contribution in [3.8, 4) is 0 Å². The molecule has 0 aliphatic carbocycles. The minimum absolute atomic E-state index is 0.173. The van der Waals surface area contributed by atoms with Gasteiger partial charge in [-0.25, -0.2) is 8.42 Å². The number of amides is 1. The fourth-order valence-electron chi connectivity index (χ4n) is 3.62. The van der Waals surface area contributed by atoms with E-state index in [0.29, 0.717) is 11.3 Å². The Hall–Kier alpha value is -3.12. The smallest absolute Gasteiger partial charge is 0.264 e. The molecule has 0 fully saturated rings. The van der Waals surface area contributed by atoms with Crippen LogP contribution in [0.1, 0.15) is 45.6 Å². The van der Waals surface area contributed by atoms with Crippen molar-refractivity contribution >= 4 is 21.6 Å². The van der Waals surface area contributed by atoms with E-state index in [0.717, 1.165) is 21.0 Å². The topological polar surface area (TPSA) is 66.5 Å². The molecule has 0 spiro atoms. The van der Waals surface area contributed by atoms with Crippen molar-refractivity contribution in [2.24, 2.45) is 0 Å². The fraction of sp³-hybridized carbons (Fsp3) is 0.240. The third-order valence-electron chi connectivity index (χ3n) is 5.59. The Morgan fingerprint density at radius 3 is 2.13 bits per heavy atom. The number of rotatable bonds is 6. The minimum atomic E-state index is -3.79. The molecule has 162 valence electrons. The van der Waals surface area contributed by atoms with Gasteiger partial charge in [0.05, 0.1) is 22.2 Å². The standard InChI is InChI=1S/C25H28N2O3S/c1-17-15-19(3)23(16-18(17)2)20(4)26-25(28)22-13-9-10-14-24(22)27(5)31(29,30)21-11-7-6-8-12-21/h6-16,20H,1-5H3,(H,26,28). The molecule has 0 aliphatic heterocycles. The Morgan fingerprint density at radius 1 is 0.871 bits per heavy atom. The van der Waals surface area contributed by atoms with Gasteiger partial charge in [-0.1, -0.05) is 42.5 Å². The Labute approximate surface area is 184 Å². The van der Waals surface area contributed by atoms with Crippen molar-refractivity contribution < 1.29 is 13.2 Å². The van der Waals surface area contributed by atoms with Gasteiger partial charge in [-0.3, -0.25) is 9.10 Å². The van der Waals surface area contributed by atoms with Crippen LogP contribution < -0.4 is 9.62 Å². The molecule has 0 heterocycles. The largest absolute Gasteiger partial charge is 0.345 e. The monoisotopic (exact) mass is 436 g/mol. The van der Waals surface area contributed by atoms with E-state index in [-0.39, 0.29) is 16.8 Å². The number of carbonyl (C=O) groups is 1. The average molecular weight is 437 g/mol. The Kier molecular flexibility index (Phi) is 6.51. The van der Waals surface area contributed by atoms with Gasteiger partial charge in [-0.05, 0) is 74.2 Å². The van der Waals surface area contributed by atoms with Crippen LogP contribution in [0.25, 0.3) is 0 Å².